The average molecular weight is 232 g/mol. The maximum Gasteiger partial charge on any atom is 0.347 e. The van der Waals surface area contributed by atoms with Crippen LogP contribution in [0.1, 0.15) is 20.8 Å². The number of hydrogen-bond acceptors (Lipinski definition) is 6. The van der Waals surface area contributed by atoms with Gasteiger partial charge in [-0.3, -0.25) is 4.79 Å². The summed E-state index contributed by atoms with van der Waals surface area (Å²) in [6.45, 7) is 3.83. The molecule has 0 N–H and O–H groups in total. The van der Waals surface area contributed by atoms with Crippen LogP contribution < -0.4 is 0 Å². The first-order valence-corrected chi connectivity index (χ1v) is 4.77. The van der Waals surface area contributed by atoms with Gasteiger partial charge in [0.1, 0.15) is 6.61 Å². The molecule has 0 saturated heterocycles. The number of ketones is 1. The minimum atomic E-state index is -1.05. The molecular weight excluding hydrogens is 216 g/mol. The molecule has 0 saturated carbocycles. The molecule has 6 heteroatoms. The van der Waals surface area contributed by atoms with Gasteiger partial charge in [0.15, 0.2) is 18.0 Å². The molecule has 0 fully saturated rings. The number of hydrogen-bond donors (Lipinski definition) is 0. The molecule has 92 valence electrons. The molecule has 0 aliphatic carbocycles. The Morgan fingerprint density at radius 1 is 1.06 bits per heavy atom. The van der Waals surface area contributed by atoms with E-state index in [1.807, 2.05) is 0 Å². The van der Waals surface area contributed by atoms with E-state index >= 15 is 0 Å². The van der Waals surface area contributed by atoms with Gasteiger partial charge in [-0.25, -0.2) is 9.59 Å². The highest BCUT2D eigenvalue weighted by molar-refractivity contribution is 5.83. The third-order valence-electron chi connectivity index (χ3n) is 1.73. The molecule has 0 aliphatic heterocycles. The molecule has 16 heavy (non-hydrogen) atoms. The zero-order valence-corrected chi connectivity index (χ0v) is 9.81. The standard InChI is InChI=1S/C10H16O6/c1-6(11)5-15-9(12)8(3)16-10(13)7(2)14-4/h7-8H,5H2,1-4H3/t7-,8+/m0/s1. The second-order valence-electron chi connectivity index (χ2n) is 3.27. The molecule has 0 aromatic rings. The lowest BCUT2D eigenvalue weighted by atomic mass is 10.3. The van der Waals surface area contributed by atoms with E-state index in [0.717, 1.165) is 0 Å². The van der Waals surface area contributed by atoms with Gasteiger partial charge in [0.2, 0.25) is 0 Å². The lowest BCUT2D eigenvalue weighted by Crippen LogP contribution is -2.32. The molecule has 0 rings (SSSR count). The largest absolute Gasteiger partial charge is 0.455 e. The van der Waals surface area contributed by atoms with Gasteiger partial charge in [-0.05, 0) is 20.8 Å². The van der Waals surface area contributed by atoms with Gasteiger partial charge in [-0.15, -0.1) is 0 Å². The van der Waals surface area contributed by atoms with E-state index in [2.05, 4.69) is 4.74 Å². The fourth-order valence-corrected chi connectivity index (χ4v) is 0.705. The lowest BCUT2D eigenvalue weighted by molar-refractivity contribution is -0.172. The van der Waals surface area contributed by atoms with Crippen molar-refractivity contribution in [3.8, 4) is 0 Å². The summed E-state index contributed by atoms with van der Waals surface area (Å²) < 4.78 is 14.0. The third kappa shape index (κ3) is 5.45. The Bertz CT molecular complexity index is 272. The Balaban J connectivity index is 4.05. The quantitative estimate of drug-likeness (QED) is 0.604. The number of esters is 2. The van der Waals surface area contributed by atoms with Crippen molar-refractivity contribution in [1.29, 1.82) is 0 Å². The van der Waals surface area contributed by atoms with Crippen molar-refractivity contribution in [3.63, 3.8) is 0 Å². The minimum Gasteiger partial charge on any atom is -0.455 e. The first-order valence-electron chi connectivity index (χ1n) is 4.77. The topological polar surface area (TPSA) is 78.9 Å². The maximum absolute atomic E-state index is 11.2. The smallest absolute Gasteiger partial charge is 0.347 e. The molecule has 0 spiro atoms. The van der Waals surface area contributed by atoms with Crippen molar-refractivity contribution in [1.82, 2.24) is 0 Å². The highest BCUT2D eigenvalue weighted by Crippen LogP contribution is 2.00. The first-order chi connectivity index (χ1) is 7.38. The van der Waals surface area contributed by atoms with E-state index in [0.29, 0.717) is 0 Å². The summed E-state index contributed by atoms with van der Waals surface area (Å²) in [5.41, 5.74) is 0. The van der Waals surface area contributed by atoms with Crippen LogP contribution in [0.2, 0.25) is 0 Å². The molecule has 0 aliphatic rings. The Morgan fingerprint density at radius 3 is 2.06 bits per heavy atom. The summed E-state index contributed by atoms with van der Waals surface area (Å²) in [4.78, 5) is 32.9. The van der Waals surface area contributed by atoms with Crippen molar-refractivity contribution < 1.29 is 28.6 Å². The lowest BCUT2D eigenvalue weighted by Gasteiger charge is -2.14. The van der Waals surface area contributed by atoms with Crippen LogP contribution in [0.3, 0.4) is 0 Å². The van der Waals surface area contributed by atoms with Crippen molar-refractivity contribution >= 4 is 17.7 Å². The predicted octanol–water partition coefficient (Wildman–Crippen LogP) is 0.0852. The van der Waals surface area contributed by atoms with Gasteiger partial charge >= 0.3 is 11.9 Å². The fraction of sp³-hybridized carbons (Fsp3) is 0.700. The van der Waals surface area contributed by atoms with Crippen LogP contribution in [0.15, 0.2) is 0 Å². The molecule has 0 aromatic carbocycles. The monoisotopic (exact) mass is 232 g/mol. The summed E-state index contributed by atoms with van der Waals surface area (Å²) in [7, 11) is 1.35. The Labute approximate surface area is 93.8 Å². The maximum atomic E-state index is 11.2. The predicted molar refractivity (Wildman–Crippen MR) is 53.7 cm³/mol. The van der Waals surface area contributed by atoms with E-state index in [9.17, 15) is 14.4 Å². The zero-order chi connectivity index (χ0) is 12.7. The molecule has 0 heterocycles. The summed E-state index contributed by atoms with van der Waals surface area (Å²) in [6.07, 6.45) is -1.80. The average Bonchev–Trinajstić information content (AvgIpc) is 2.24. The van der Waals surface area contributed by atoms with Crippen LogP contribution >= 0.6 is 0 Å². The number of carbonyl (C=O) groups is 3. The molecule has 0 aromatic heterocycles. The molecule has 0 radical (unpaired) electrons. The second-order valence-corrected chi connectivity index (χ2v) is 3.27. The van der Waals surface area contributed by atoms with Crippen LogP contribution in [0.25, 0.3) is 0 Å². The SMILES string of the molecule is CO[C@@H](C)C(=O)O[C@H](C)C(=O)OCC(C)=O. The molecule has 0 amide bonds. The number of rotatable bonds is 6. The van der Waals surface area contributed by atoms with Gasteiger partial charge in [0.05, 0.1) is 0 Å². The fourth-order valence-electron chi connectivity index (χ4n) is 0.705. The number of carbonyl (C=O) groups excluding carboxylic acids is 3. The van der Waals surface area contributed by atoms with E-state index in [1.54, 1.807) is 0 Å². The zero-order valence-electron chi connectivity index (χ0n) is 9.81. The summed E-state index contributed by atoms with van der Waals surface area (Å²) in [5, 5.41) is 0. The van der Waals surface area contributed by atoms with E-state index in [4.69, 9.17) is 9.47 Å². The molecule has 0 unspecified atom stereocenters. The minimum absolute atomic E-state index is 0.280. The van der Waals surface area contributed by atoms with E-state index < -0.39 is 24.1 Å². The summed E-state index contributed by atoms with van der Waals surface area (Å²) >= 11 is 0. The number of methoxy groups -OCH3 is 1. The van der Waals surface area contributed by atoms with Gasteiger partial charge in [0.25, 0.3) is 0 Å². The van der Waals surface area contributed by atoms with Gasteiger partial charge < -0.3 is 14.2 Å². The van der Waals surface area contributed by atoms with Crippen molar-refractivity contribution in [2.75, 3.05) is 13.7 Å². The Kier molecular flexibility index (Phi) is 6.32. The van der Waals surface area contributed by atoms with Crippen LogP contribution in [0.4, 0.5) is 0 Å². The highest BCUT2D eigenvalue weighted by atomic mass is 16.6. The normalized spacial score (nSPS) is 13.8. The number of ether oxygens (including phenoxy) is 3. The summed E-state index contributed by atoms with van der Waals surface area (Å²) in [6, 6.07) is 0. The summed E-state index contributed by atoms with van der Waals surface area (Å²) in [5.74, 6) is -1.70. The second kappa shape index (κ2) is 6.95. The van der Waals surface area contributed by atoms with Gasteiger partial charge in [0, 0.05) is 7.11 Å². The molecule has 0 bridgehead atoms. The molecular formula is C10H16O6. The Morgan fingerprint density at radius 2 is 1.62 bits per heavy atom. The van der Waals surface area contributed by atoms with Crippen molar-refractivity contribution in [2.45, 2.75) is 33.0 Å². The van der Waals surface area contributed by atoms with Crippen molar-refractivity contribution in [2.24, 2.45) is 0 Å². The molecule has 2 atom stereocenters. The van der Waals surface area contributed by atoms with E-state index in [1.165, 1.54) is 27.9 Å². The van der Waals surface area contributed by atoms with Gasteiger partial charge in [-0.1, -0.05) is 0 Å². The highest BCUT2D eigenvalue weighted by Gasteiger charge is 2.22. The first kappa shape index (κ1) is 14.6. The Hall–Kier alpha value is -1.43. The molecule has 6 nitrogen and oxygen atoms in total. The van der Waals surface area contributed by atoms with Crippen LogP contribution in [-0.2, 0) is 28.6 Å². The number of Topliss-reactive ketones (excluding diaryl/α,β-unsaturated/α-hetero) is 1. The van der Waals surface area contributed by atoms with Crippen LogP contribution in [0, 0.1) is 0 Å². The van der Waals surface area contributed by atoms with Crippen LogP contribution in [0.5, 0.6) is 0 Å². The van der Waals surface area contributed by atoms with E-state index in [-0.39, 0.29) is 12.4 Å². The van der Waals surface area contributed by atoms with Crippen LogP contribution in [-0.4, -0.2) is 43.6 Å². The van der Waals surface area contributed by atoms with Crippen molar-refractivity contribution in [3.05, 3.63) is 0 Å². The van der Waals surface area contributed by atoms with Gasteiger partial charge in [-0.2, -0.15) is 0 Å². The third-order valence-corrected chi connectivity index (χ3v) is 1.73.